The van der Waals surface area contributed by atoms with Crippen LogP contribution in [0.1, 0.15) is 16.7 Å². The zero-order chi connectivity index (χ0) is 20.7. The van der Waals surface area contributed by atoms with E-state index in [9.17, 15) is 8.42 Å². The van der Waals surface area contributed by atoms with Gasteiger partial charge in [-0.25, -0.2) is 8.42 Å². The highest BCUT2D eigenvalue weighted by molar-refractivity contribution is 7.89. The number of aryl methyl sites for hydroxylation is 1. The van der Waals surface area contributed by atoms with Crippen molar-refractivity contribution in [1.82, 2.24) is 4.31 Å². The molecule has 0 saturated carbocycles. The molecule has 4 heteroatoms. The molecule has 0 bridgehead atoms. The largest absolute Gasteiger partial charge is 0.244 e. The molecule has 0 aliphatic carbocycles. The average Bonchev–Trinajstić information content (AvgIpc) is 2.74. The predicted molar refractivity (Wildman–Crippen MR) is 119 cm³/mol. The Bertz CT molecular complexity index is 1120. The first kappa shape index (κ1) is 20.6. The lowest BCUT2D eigenvalue weighted by atomic mass is 10.1. The fourth-order valence-electron chi connectivity index (χ4n) is 2.81. The van der Waals surface area contributed by atoms with Crippen molar-refractivity contribution in [3.8, 4) is 11.8 Å². The van der Waals surface area contributed by atoms with E-state index in [1.54, 1.807) is 24.3 Å². The second-order valence-electron chi connectivity index (χ2n) is 6.72. The van der Waals surface area contributed by atoms with Crippen LogP contribution in [0.3, 0.4) is 0 Å². The Hall–Kier alpha value is -3.13. The van der Waals surface area contributed by atoms with Crippen molar-refractivity contribution in [3.05, 3.63) is 108 Å². The van der Waals surface area contributed by atoms with E-state index in [0.717, 1.165) is 22.3 Å². The van der Waals surface area contributed by atoms with E-state index in [1.165, 1.54) is 4.31 Å². The van der Waals surface area contributed by atoms with E-state index >= 15 is 0 Å². The van der Waals surface area contributed by atoms with Gasteiger partial charge in [-0.3, -0.25) is 0 Å². The molecule has 0 atom stereocenters. The first-order chi connectivity index (χ1) is 14.0. The first-order valence-corrected chi connectivity index (χ1v) is 10.7. The van der Waals surface area contributed by atoms with Gasteiger partial charge in [0.2, 0.25) is 10.0 Å². The Morgan fingerprint density at radius 2 is 1.48 bits per heavy atom. The molecule has 0 aliphatic rings. The summed E-state index contributed by atoms with van der Waals surface area (Å²) in [7, 11) is -3.71. The zero-order valence-electron chi connectivity index (χ0n) is 16.4. The number of rotatable bonds is 6. The first-order valence-electron chi connectivity index (χ1n) is 9.31. The third-order valence-electron chi connectivity index (χ3n) is 4.47. The van der Waals surface area contributed by atoms with Crippen LogP contribution in [0.25, 0.3) is 5.57 Å². The van der Waals surface area contributed by atoms with Crippen LogP contribution >= 0.6 is 0 Å². The van der Waals surface area contributed by atoms with E-state index in [2.05, 4.69) is 18.4 Å². The van der Waals surface area contributed by atoms with Gasteiger partial charge in [0.1, 0.15) is 0 Å². The molecule has 29 heavy (non-hydrogen) atoms. The molecule has 0 unspecified atom stereocenters. The van der Waals surface area contributed by atoms with Crippen molar-refractivity contribution in [2.45, 2.75) is 11.8 Å². The van der Waals surface area contributed by atoms with Crippen molar-refractivity contribution < 1.29 is 8.42 Å². The van der Waals surface area contributed by atoms with Crippen LogP contribution in [-0.2, 0) is 10.0 Å². The van der Waals surface area contributed by atoms with E-state index < -0.39 is 10.0 Å². The van der Waals surface area contributed by atoms with Gasteiger partial charge >= 0.3 is 0 Å². The maximum Gasteiger partial charge on any atom is 0.244 e. The number of sulfonamides is 1. The number of hydrogen-bond donors (Lipinski definition) is 0. The number of nitrogens with zero attached hydrogens (tertiary/aromatic N) is 1. The minimum atomic E-state index is -3.71. The number of benzene rings is 3. The van der Waals surface area contributed by atoms with Gasteiger partial charge in [-0.15, -0.1) is 0 Å². The topological polar surface area (TPSA) is 37.4 Å². The zero-order valence-corrected chi connectivity index (χ0v) is 17.2. The molecule has 0 heterocycles. The molecular weight excluding hydrogens is 378 g/mol. The highest BCUT2D eigenvalue weighted by Gasteiger charge is 2.24. The second kappa shape index (κ2) is 9.38. The van der Waals surface area contributed by atoms with Gasteiger partial charge in [-0.2, -0.15) is 4.31 Å². The molecule has 0 radical (unpaired) electrons. The third kappa shape index (κ3) is 5.45. The molecule has 0 saturated heterocycles. The van der Waals surface area contributed by atoms with E-state index in [-0.39, 0.29) is 18.0 Å². The predicted octanol–water partition coefficient (Wildman–Crippen LogP) is 4.75. The van der Waals surface area contributed by atoms with Crippen LogP contribution in [-0.4, -0.2) is 25.8 Å². The van der Waals surface area contributed by atoms with Crippen LogP contribution in [0.15, 0.2) is 96.4 Å². The minimum Gasteiger partial charge on any atom is -0.207 e. The van der Waals surface area contributed by atoms with Crippen LogP contribution in [0.5, 0.6) is 0 Å². The molecule has 146 valence electrons. The van der Waals surface area contributed by atoms with Crippen LogP contribution in [0.2, 0.25) is 0 Å². The minimum absolute atomic E-state index is 0.0803. The summed E-state index contributed by atoms with van der Waals surface area (Å²) in [5.74, 6) is 6.04. The molecule has 0 spiro atoms. The van der Waals surface area contributed by atoms with Gasteiger partial charge in [-0.1, -0.05) is 84.6 Å². The standard InChI is InChI=1S/C25H23NO2S/c1-21-15-17-25(18-16-21)29(27,28)26(19-9-12-23-10-5-3-6-11-23)20-22(2)24-13-7-4-8-14-24/h3-8,10-11,13-18H,2,19-20H2,1H3. The highest BCUT2D eigenvalue weighted by atomic mass is 32.2. The Kier molecular flexibility index (Phi) is 6.66. The molecule has 0 amide bonds. The van der Waals surface area contributed by atoms with Gasteiger partial charge < -0.3 is 0 Å². The van der Waals surface area contributed by atoms with Crippen molar-refractivity contribution in [2.24, 2.45) is 0 Å². The lowest BCUT2D eigenvalue weighted by Crippen LogP contribution is -2.33. The molecule has 0 fully saturated rings. The lowest BCUT2D eigenvalue weighted by Gasteiger charge is -2.21. The van der Waals surface area contributed by atoms with Crippen LogP contribution < -0.4 is 0 Å². The van der Waals surface area contributed by atoms with Gasteiger partial charge in [0.15, 0.2) is 0 Å². The normalized spacial score (nSPS) is 11.0. The Morgan fingerprint density at radius 1 is 0.897 bits per heavy atom. The quantitative estimate of drug-likeness (QED) is 0.559. The molecule has 3 rings (SSSR count). The molecule has 3 aromatic carbocycles. The van der Waals surface area contributed by atoms with Gasteiger partial charge in [-0.05, 0) is 42.3 Å². The second-order valence-corrected chi connectivity index (χ2v) is 8.66. The van der Waals surface area contributed by atoms with Crippen molar-refractivity contribution >= 4 is 15.6 Å². The molecular formula is C25H23NO2S. The monoisotopic (exact) mass is 401 g/mol. The van der Waals surface area contributed by atoms with Gasteiger partial charge in [0.25, 0.3) is 0 Å². The third-order valence-corrected chi connectivity index (χ3v) is 6.28. The van der Waals surface area contributed by atoms with E-state index in [1.807, 2.05) is 67.6 Å². The summed E-state index contributed by atoms with van der Waals surface area (Å²) in [6.45, 7) is 6.28. The van der Waals surface area contributed by atoms with Crippen molar-refractivity contribution in [1.29, 1.82) is 0 Å². The van der Waals surface area contributed by atoms with Crippen molar-refractivity contribution in [3.63, 3.8) is 0 Å². The summed E-state index contributed by atoms with van der Waals surface area (Å²) in [6.07, 6.45) is 0. The van der Waals surface area contributed by atoms with Crippen molar-refractivity contribution in [2.75, 3.05) is 13.1 Å². The van der Waals surface area contributed by atoms with Gasteiger partial charge in [0.05, 0.1) is 11.4 Å². The van der Waals surface area contributed by atoms with Gasteiger partial charge in [0, 0.05) is 12.1 Å². The lowest BCUT2D eigenvalue weighted by molar-refractivity contribution is 0.482. The molecule has 0 aliphatic heterocycles. The van der Waals surface area contributed by atoms with Crippen LogP contribution in [0.4, 0.5) is 0 Å². The van der Waals surface area contributed by atoms with E-state index in [4.69, 9.17) is 0 Å². The Labute approximate surface area is 173 Å². The smallest absolute Gasteiger partial charge is 0.207 e. The number of hydrogen-bond acceptors (Lipinski definition) is 2. The summed E-state index contributed by atoms with van der Waals surface area (Å²) >= 11 is 0. The molecule has 3 aromatic rings. The molecule has 3 nitrogen and oxygen atoms in total. The fraction of sp³-hybridized carbons (Fsp3) is 0.120. The summed E-state index contributed by atoms with van der Waals surface area (Å²) in [5, 5.41) is 0. The van der Waals surface area contributed by atoms with Crippen LogP contribution in [0, 0.1) is 18.8 Å². The van der Waals surface area contributed by atoms with E-state index in [0.29, 0.717) is 0 Å². The maximum atomic E-state index is 13.3. The molecule has 0 aromatic heterocycles. The SMILES string of the molecule is C=C(CN(CC#Cc1ccccc1)S(=O)(=O)c1ccc(C)cc1)c1ccccc1. The average molecular weight is 402 g/mol. The Balaban J connectivity index is 1.89. The molecule has 0 N–H and O–H groups in total. The highest BCUT2D eigenvalue weighted by Crippen LogP contribution is 2.20. The summed E-state index contributed by atoms with van der Waals surface area (Å²) in [5.41, 5.74) is 3.49. The summed E-state index contributed by atoms with van der Waals surface area (Å²) in [6, 6.07) is 26.0. The summed E-state index contributed by atoms with van der Waals surface area (Å²) in [4.78, 5) is 0.255. The fourth-order valence-corrected chi connectivity index (χ4v) is 4.15. The summed E-state index contributed by atoms with van der Waals surface area (Å²) < 4.78 is 27.9. The Morgan fingerprint density at radius 3 is 2.10 bits per heavy atom. The maximum absolute atomic E-state index is 13.3.